The average Bonchev–Trinajstić information content (AvgIpc) is 2.94. The van der Waals surface area contributed by atoms with Gasteiger partial charge in [-0.2, -0.15) is 0 Å². The van der Waals surface area contributed by atoms with Gasteiger partial charge in [-0.1, -0.05) is 35.9 Å². The highest BCUT2D eigenvalue weighted by atomic mass is 127. The van der Waals surface area contributed by atoms with Gasteiger partial charge in [-0.05, 0) is 87.2 Å². The first kappa shape index (κ1) is 20.6. The van der Waals surface area contributed by atoms with Crippen LogP contribution in [0.25, 0.3) is 6.08 Å². The van der Waals surface area contributed by atoms with Crippen LogP contribution in [0.5, 0.6) is 5.75 Å². The molecule has 0 unspecified atom stereocenters. The second-order valence-electron chi connectivity index (χ2n) is 5.37. The molecule has 0 spiro atoms. The quantitative estimate of drug-likeness (QED) is 0.174. The Labute approximate surface area is 193 Å². The number of aliphatic imine (C=N–C) groups is 1. The molecule has 1 aliphatic heterocycles. The number of hydrogen-bond donors (Lipinski definition) is 0. The van der Waals surface area contributed by atoms with Gasteiger partial charge in [0.05, 0.1) is 17.7 Å². The summed E-state index contributed by atoms with van der Waals surface area (Å²) in [6, 6.07) is 8.71. The Morgan fingerprint density at radius 2 is 1.89 bits per heavy atom. The maximum absolute atomic E-state index is 12.2. The van der Waals surface area contributed by atoms with E-state index in [9.17, 15) is 4.79 Å². The predicted octanol–water partition coefficient (Wildman–Crippen LogP) is 6.11. The molecule has 0 amide bonds. The summed E-state index contributed by atoms with van der Waals surface area (Å²) in [5.74, 6) is 0.403. The number of benzene rings is 2. The molecule has 1 aliphatic rings. The highest BCUT2D eigenvalue weighted by Crippen LogP contribution is 2.31. The van der Waals surface area contributed by atoms with Crippen LogP contribution in [-0.2, 0) is 9.53 Å². The molecule has 0 aliphatic carbocycles. The van der Waals surface area contributed by atoms with Crippen molar-refractivity contribution in [1.29, 1.82) is 0 Å². The minimum Gasteiger partial charge on any atom is -0.487 e. The Morgan fingerprint density at radius 3 is 2.52 bits per heavy atom. The van der Waals surface area contributed by atoms with E-state index in [1.165, 1.54) is 0 Å². The molecule has 27 heavy (non-hydrogen) atoms. The molecule has 0 fully saturated rings. The Bertz CT molecular complexity index is 979. The first-order valence-corrected chi connectivity index (χ1v) is 10.5. The first-order valence-electron chi connectivity index (χ1n) is 7.59. The van der Waals surface area contributed by atoms with E-state index in [2.05, 4.69) is 56.8 Å². The van der Waals surface area contributed by atoms with Crippen LogP contribution in [0.4, 0.5) is 0 Å². The largest absolute Gasteiger partial charge is 0.487 e. The SMILES string of the molecule is C=CCOc1c(I)cc(/C=C2\N=C(c3ccc(Cl)cc3Cl)OC2=O)cc1I. The molecule has 2 aromatic carbocycles. The van der Waals surface area contributed by atoms with E-state index in [0.717, 1.165) is 18.5 Å². The summed E-state index contributed by atoms with van der Waals surface area (Å²) in [4.78, 5) is 16.5. The van der Waals surface area contributed by atoms with Gasteiger partial charge in [0.1, 0.15) is 12.4 Å². The second kappa shape index (κ2) is 8.93. The van der Waals surface area contributed by atoms with Gasteiger partial charge in [0, 0.05) is 5.02 Å². The highest BCUT2D eigenvalue weighted by Gasteiger charge is 2.26. The minimum atomic E-state index is -0.534. The lowest BCUT2D eigenvalue weighted by Gasteiger charge is -2.09. The lowest BCUT2D eigenvalue weighted by Crippen LogP contribution is -2.06. The van der Waals surface area contributed by atoms with Crippen molar-refractivity contribution in [2.24, 2.45) is 4.99 Å². The maximum atomic E-state index is 12.2. The molecule has 0 aromatic heterocycles. The van der Waals surface area contributed by atoms with Crippen LogP contribution < -0.4 is 4.74 Å². The third-order valence-corrected chi connectivity index (χ3v) is 5.60. The fourth-order valence-electron chi connectivity index (χ4n) is 2.29. The van der Waals surface area contributed by atoms with Gasteiger partial charge in [0.2, 0.25) is 5.90 Å². The monoisotopic (exact) mass is 625 g/mol. The van der Waals surface area contributed by atoms with Gasteiger partial charge >= 0.3 is 5.97 Å². The standard InChI is InChI=1S/C19H11Cl2I2NO3/c1-2-5-26-17-14(22)6-10(7-15(17)23)8-16-19(25)27-18(24-16)12-4-3-11(20)9-13(12)21/h2-4,6-9H,1,5H2/b16-8-. The van der Waals surface area contributed by atoms with Crippen molar-refractivity contribution in [3.63, 3.8) is 0 Å². The van der Waals surface area contributed by atoms with Crippen LogP contribution in [0.3, 0.4) is 0 Å². The topological polar surface area (TPSA) is 47.9 Å². The summed E-state index contributed by atoms with van der Waals surface area (Å²) < 4.78 is 12.8. The van der Waals surface area contributed by atoms with Gasteiger partial charge in [-0.25, -0.2) is 9.79 Å². The second-order valence-corrected chi connectivity index (χ2v) is 8.54. The average molecular weight is 626 g/mol. The summed E-state index contributed by atoms with van der Waals surface area (Å²) in [5, 5.41) is 0.857. The fourth-order valence-corrected chi connectivity index (χ4v) is 4.91. The zero-order valence-electron chi connectivity index (χ0n) is 13.6. The molecule has 4 nitrogen and oxygen atoms in total. The zero-order valence-corrected chi connectivity index (χ0v) is 19.5. The van der Waals surface area contributed by atoms with E-state index in [1.807, 2.05) is 12.1 Å². The van der Waals surface area contributed by atoms with Crippen molar-refractivity contribution in [3.05, 3.63) is 77.0 Å². The highest BCUT2D eigenvalue weighted by molar-refractivity contribution is 14.1. The Morgan fingerprint density at radius 1 is 1.19 bits per heavy atom. The lowest BCUT2D eigenvalue weighted by atomic mass is 10.2. The van der Waals surface area contributed by atoms with E-state index >= 15 is 0 Å². The van der Waals surface area contributed by atoms with Crippen LogP contribution in [0.15, 0.2) is 53.7 Å². The molecule has 0 N–H and O–H groups in total. The van der Waals surface area contributed by atoms with Gasteiger partial charge in [0.25, 0.3) is 0 Å². The third kappa shape index (κ3) is 4.85. The van der Waals surface area contributed by atoms with Crippen molar-refractivity contribution in [2.45, 2.75) is 0 Å². The van der Waals surface area contributed by atoms with Gasteiger partial charge in [-0.3, -0.25) is 0 Å². The van der Waals surface area contributed by atoms with Crippen molar-refractivity contribution in [1.82, 2.24) is 0 Å². The molecule has 138 valence electrons. The lowest BCUT2D eigenvalue weighted by molar-refractivity contribution is -0.129. The number of cyclic esters (lactones) is 1. The molecule has 0 radical (unpaired) electrons. The molecule has 1 heterocycles. The molecule has 0 bridgehead atoms. The minimum absolute atomic E-state index is 0.156. The van der Waals surface area contributed by atoms with Crippen LogP contribution in [0.1, 0.15) is 11.1 Å². The number of carbonyl (C=O) groups is 1. The number of halogens is 4. The number of nitrogens with zero attached hydrogens (tertiary/aromatic N) is 1. The normalized spacial score (nSPS) is 14.9. The van der Waals surface area contributed by atoms with Gasteiger partial charge in [0.15, 0.2) is 5.70 Å². The number of hydrogen-bond acceptors (Lipinski definition) is 4. The fraction of sp³-hybridized carbons (Fsp3) is 0.0526. The summed E-state index contributed by atoms with van der Waals surface area (Å²) in [7, 11) is 0. The zero-order chi connectivity index (χ0) is 19.6. The summed E-state index contributed by atoms with van der Waals surface area (Å²) in [6.07, 6.45) is 3.36. The van der Waals surface area contributed by atoms with Crippen LogP contribution in [0.2, 0.25) is 10.0 Å². The predicted molar refractivity (Wildman–Crippen MR) is 125 cm³/mol. The summed E-state index contributed by atoms with van der Waals surface area (Å²) >= 11 is 16.4. The number of rotatable bonds is 5. The molecular formula is C19H11Cl2I2NO3. The Hall–Kier alpha value is -1.10. The molecule has 0 atom stereocenters. The Kier molecular flexibility index (Phi) is 6.83. The number of esters is 1. The van der Waals surface area contributed by atoms with Crippen LogP contribution in [-0.4, -0.2) is 18.5 Å². The van der Waals surface area contributed by atoms with E-state index in [0.29, 0.717) is 22.2 Å². The smallest absolute Gasteiger partial charge is 0.363 e. The summed E-state index contributed by atoms with van der Waals surface area (Å²) in [6.45, 7) is 4.08. The van der Waals surface area contributed by atoms with Crippen molar-refractivity contribution < 1.29 is 14.3 Å². The molecule has 3 rings (SSSR count). The van der Waals surface area contributed by atoms with Crippen LogP contribution in [0, 0.1) is 7.14 Å². The van der Waals surface area contributed by atoms with Crippen molar-refractivity contribution in [3.8, 4) is 5.75 Å². The third-order valence-electron chi connectivity index (χ3n) is 3.45. The van der Waals surface area contributed by atoms with E-state index in [-0.39, 0.29) is 11.6 Å². The maximum Gasteiger partial charge on any atom is 0.363 e. The molecule has 2 aromatic rings. The number of carbonyl (C=O) groups excluding carboxylic acids is 1. The molecule has 0 saturated heterocycles. The first-order chi connectivity index (χ1) is 12.9. The van der Waals surface area contributed by atoms with E-state index in [1.54, 1.807) is 30.4 Å². The van der Waals surface area contributed by atoms with E-state index in [4.69, 9.17) is 32.7 Å². The number of ether oxygens (including phenoxy) is 2. The van der Waals surface area contributed by atoms with Crippen molar-refractivity contribution in [2.75, 3.05) is 6.61 Å². The molecule has 0 saturated carbocycles. The van der Waals surface area contributed by atoms with Crippen molar-refractivity contribution >= 4 is 86.3 Å². The molecular weight excluding hydrogens is 615 g/mol. The Balaban J connectivity index is 1.94. The summed E-state index contributed by atoms with van der Waals surface area (Å²) in [5.41, 5.74) is 1.52. The van der Waals surface area contributed by atoms with E-state index < -0.39 is 5.97 Å². The van der Waals surface area contributed by atoms with Gasteiger partial charge in [-0.15, -0.1) is 0 Å². The molecule has 8 heteroatoms. The van der Waals surface area contributed by atoms with Gasteiger partial charge < -0.3 is 9.47 Å². The van der Waals surface area contributed by atoms with Crippen LogP contribution >= 0.6 is 68.4 Å².